The van der Waals surface area contributed by atoms with E-state index < -0.39 is 0 Å². The average molecular weight is 474 g/mol. The highest BCUT2D eigenvalue weighted by Crippen LogP contribution is 2.37. The van der Waals surface area contributed by atoms with Crippen molar-refractivity contribution in [3.8, 4) is 23.0 Å². The Labute approximate surface area is 181 Å². The van der Waals surface area contributed by atoms with Crippen LogP contribution in [0.4, 0.5) is 0 Å². The van der Waals surface area contributed by atoms with E-state index >= 15 is 0 Å². The van der Waals surface area contributed by atoms with Crippen molar-refractivity contribution in [1.29, 1.82) is 0 Å². The maximum absolute atomic E-state index is 5.89. The number of ether oxygens (including phenoxy) is 2. The molecular weight excluding hydrogens is 454 g/mol. The minimum atomic E-state index is 0.505. The van der Waals surface area contributed by atoms with Crippen LogP contribution in [0.15, 0.2) is 56.7 Å². The number of hydrogen-bond donors (Lipinski definition) is 1. The normalized spacial score (nSPS) is 11.1. The van der Waals surface area contributed by atoms with Crippen LogP contribution < -0.4 is 9.47 Å². The number of para-hydroxylation sites is 1. The highest BCUT2D eigenvalue weighted by molar-refractivity contribution is 9.10. The second-order valence-electron chi connectivity index (χ2n) is 6.17. The van der Waals surface area contributed by atoms with E-state index in [1.54, 1.807) is 0 Å². The van der Waals surface area contributed by atoms with E-state index in [2.05, 4.69) is 31.1 Å². The van der Waals surface area contributed by atoms with Gasteiger partial charge in [-0.2, -0.15) is 0 Å². The van der Waals surface area contributed by atoms with Crippen molar-refractivity contribution in [2.75, 3.05) is 13.2 Å². The summed E-state index contributed by atoms with van der Waals surface area (Å²) in [4.78, 5) is 3.23. The van der Waals surface area contributed by atoms with E-state index in [1.165, 1.54) is 11.8 Å². The number of aromatic nitrogens is 3. The fraction of sp³-hybridized carbons (Fsp3) is 0.238. The van der Waals surface area contributed by atoms with Crippen LogP contribution in [0.5, 0.6) is 11.5 Å². The van der Waals surface area contributed by atoms with E-state index in [-0.39, 0.29) is 0 Å². The Morgan fingerprint density at radius 2 is 1.83 bits per heavy atom. The van der Waals surface area contributed by atoms with Gasteiger partial charge < -0.3 is 18.9 Å². The molecule has 0 spiro atoms. The molecule has 2 aromatic carbocycles. The molecule has 0 aliphatic heterocycles. The zero-order valence-corrected chi connectivity index (χ0v) is 18.5. The van der Waals surface area contributed by atoms with Gasteiger partial charge in [0.1, 0.15) is 0 Å². The fourth-order valence-electron chi connectivity index (χ4n) is 2.99. The third kappa shape index (κ3) is 4.28. The van der Waals surface area contributed by atoms with Crippen LogP contribution in [-0.2, 0) is 5.75 Å². The van der Waals surface area contributed by atoms with Gasteiger partial charge in [0.05, 0.1) is 18.8 Å². The fourth-order valence-corrected chi connectivity index (χ4v) is 4.39. The van der Waals surface area contributed by atoms with Gasteiger partial charge in [-0.15, -0.1) is 10.2 Å². The number of nitrogens with one attached hydrogen (secondary N) is 1. The number of nitrogens with zero attached hydrogens (tertiary/aromatic N) is 2. The molecule has 29 heavy (non-hydrogen) atoms. The lowest BCUT2D eigenvalue weighted by Gasteiger charge is -2.13. The number of aromatic amines is 1. The topological polar surface area (TPSA) is 73.2 Å². The Bertz CT molecular complexity index is 1130. The quantitative estimate of drug-likeness (QED) is 0.313. The second kappa shape index (κ2) is 8.92. The molecule has 0 fully saturated rings. The molecule has 1 N–H and O–H groups in total. The summed E-state index contributed by atoms with van der Waals surface area (Å²) < 4.78 is 18.2. The lowest BCUT2D eigenvalue weighted by molar-refractivity contribution is 0.287. The molecule has 4 rings (SSSR count). The van der Waals surface area contributed by atoms with Gasteiger partial charge in [-0.1, -0.05) is 45.9 Å². The van der Waals surface area contributed by atoms with Crippen LogP contribution in [0.1, 0.15) is 19.4 Å². The van der Waals surface area contributed by atoms with E-state index in [9.17, 15) is 0 Å². The summed E-state index contributed by atoms with van der Waals surface area (Å²) in [6.07, 6.45) is 1.89. The molecule has 2 heterocycles. The Hall–Kier alpha value is -2.45. The molecule has 8 heteroatoms. The van der Waals surface area contributed by atoms with E-state index in [0.29, 0.717) is 30.1 Å². The second-order valence-corrected chi connectivity index (χ2v) is 7.95. The van der Waals surface area contributed by atoms with Gasteiger partial charge in [-0.25, -0.2) is 0 Å². The molecule has 0 radical (unpaired) electrons. The summed E-state index contributed by atoms with van der Waals surface area (Å²) in [7, 11) is 0. The Morgan fingerprint density at radius 1 is 1.07 bits per heavy atom. The molecule has 0 saturated heterocycles. The largest absolute Gasteiger partial charge is 0.490 e. The predicted molar refractivity (Wildman–Crippen MR) is 118 cm³/mol. The smallest absolute Gasteiger partial charge is 0.277 e. The first-order valence-electron chi connectivity index (χ1n) is 9.30. The lowest BCUT2D eigenvalue weighted by atomic mass is 10.2. The molecule has 0 saturated carbocycles. The van der Waals surface area contributed by atoms with Crippen molar-refractivity contribution < 1.29 is 13.9 Å². The zero-order chi connectivity index (χ0) is 20.2. The summed E-state index contributed by atoms with van der Waals surface area (Å²) in [5.41, 5.74) is 3.01. The molecule has 0 unspecified atom stereocenters. The first kappa shape index (κ1) is 19.8. The van der Waals surface area contributed by atoms with Crippen molar-refractivity contribution >= 4 is 38.6 Å². The number of thioether (sulfide) groups is 1. The van der Waals surface area contributed by atoms with E-state index in [1.807, 2.05) is 56.4 Å². The van der Waals surface area contributed by atoms with Gasteiger partial charge in [0, 0.05) is 27.3 Å². The Morgan fingerprint density at radius 3 is 2.62 bits per heavy atom. The standard InChI is InChI=1S/C21H20BrN3O3S/c1-3-26-18-9-13(16(22)10-19(18)27-4-2)12-29-21-25-24-20(28-21)15-11-23-17-8-6-5-7-14(15)17/h5-11,23H,3-4,12H2,1-2H3. The molecule has 0 bridgehead atoms. The summed E-state index contributed by atoms with van der Waals surface area (Å²) in [5, 5.41) is 9.98. The van der Waals surface area contributed by atoms with Crippen molar-refractivity contribution in [3.05, 3.63) is 52.6 Å². The first-order valence-corrected chi connectivity index (χ1v) is 11.1. The van der Waals surface area contributed by atoms with Crippen LogP contribution in [0.25, 0.3) is 22.4 Å². The van der Waals surface area contributed by atoms with Crippen molar-refractivity contribution in [2.24, 2.45) is 0 Å². The molecule has 0 aliphatic rings. The first-order chi connectivity index (χ1) is 14.2. The SMILES string of the molecule is CCOc1cc(Br)c(CSc2nnc(-c3c[nH]c4ccccc34)o2)cc1OCC. The summed E-state index contributed by atoms with van der Waals surface area (Å²) in [5.74, 6) is 2.63. The minimum absolute atomic E-state index is 0.505. The van der Waals surface area contributed by atoms with Gasteiger partial charge in [-0.3, -0.25) is 0 Å². The summed E-state index contributed by atoms with van der Waals surface area (Å²) in [6, 6.07) is 12.0. The predicted octanol–water partition coefficient (Wildman–Crippen LogP) is 6.07. The van der Waals surface area contributed by atoms with Crippen molar-refractivity contribution in [2.45, 2.75) is 24.8 Å². The Kier molecular flexibility index (Phi) is 6.10. The lowest BCUT2D eigenvalue weighted by Crippen LogP contribution is -1.99. The van der Waals surface area contributed by atoms with Crippen molar-refractivity contribution in [1.82, 2.24) is 15.2 Å². The molecule has 4 aromatic rings. The van der Waals surface area contributed by atoms with Crippen LogP contribution in [0.3, 0.4) is 0 Å². The van der Waals surface area contributed by atoms with Crippen LogP contribution >= 0.6 is 27.7 Å². The van der Waals surface area contributed by atoms with Gasteiger partial charge in [0.15, 0.2) is 11.5 Å². The van der Waals surface area contributed by atoms with E-state index in [4.69, 9.17) is 13.9 Å². The summed E-state index contributed by atoms with van der Waals surface area (Å²) in [6.45, 7) is 5.07. The molecule has 6 nitrogen and oxygen atoms in total. The molecule has 150 valence electrons. The van der Waals surface area contributed by atoms with Crippen LogP contribution in [0, 0.1) is 0 Å². The number of benzene rings is 2. The number of fused-ring (bicyclic) bond motifs is 1. The number of halogens is 1. The highest BCUT2D eigenvalue weighted by atomic mass is 79.9. The third-order valence-corrected chi connectivity index (χ3v) is 5.90. The third-order valence-electron chi connectivity index (χ3n) is 4.29. The van der Waals surface area contributed by atoms with Crippen LogP contribution in [-0.4, -0.2) is 28.4 Å². The monoisotopic (exact) mass is 473 g/mol. The minimum Gasteiger partial charge on any atom is -0.490 e. The zero-order valence-electron chi connectivity index (χ0n) is 16.1. The molecule has 0 aliphatic carbocycles. The van der Waals surface area contributed by atoms with Crippen molar-refractivity contribution in [3.63, 3.8) is 0 Å². The Balaban J connectivity index is 1.52. The average Bonchev–Trinajstić information content (AvgIpc) is 3.36. The van der Waals surface area contributed by atoms with Gasteiger partial charge in [0.25, 0.3) is 11.1 Å². The summed E-state index contributed by atoms with van der Waals surface area (Å²) >= 11 is 5.10. The van der Waals surface area contributed by atoms with Gasteiger partial charge >= 0.3 is 0 Å². The molecule has 2 aromatic heterocycles. The van der Waals surface area contributed by atoms with Crippen LogP contribution in [0.2, 0.25) is 0 Å². The number of H-pyrrole nitrogens is 1. The number of hydrogen-bond acceptors (Lipinski definition) is 6. The molecule has 0 atom stereocenters. The maximum atomic E-state index is 5.89. The van der Waals surface area contributed by atoms with Gasteiger partial charge in [-0.05, 0) is 37.6 Å². The maximum Gasteiger partial charge on any atom is 0.277 e. The van der Waals surface area contributed by atoms with E-state index in [0.717, 1.165) is 38.0 Å². The number of rotatable bonds is 8. The molecular formula is C21H20BrN3O3S. The highest BCUT2D eigenvalue weighted by Gasteiger charge is 2.15. The van der Waals surface area contributed by atoms with Gasteiger partial charge in [0.2, 0.25) is 0 Å². The molecule has 0 amide bonds.